The number of phenols is 1. The molecular weight excluding hydrogens is 394 g/mol. The third kappa shape index (κ3) is 3.32. The molecule has 7 nitrogen and oxygen atoms in total. The van der Waals surface area contributed by atoms with Crippen molar-refractivity contribution in [3.8, 4) is 5.75 Å². The molecule has 144 valence electrons. The van der Waals surface area contributed by atoms with Crippen LogP contribution in [0.5, 0.6) is 5.75 Å². The first-order valence-electron chi connectivity index (χ1n) is 8.60. The van der Waals surface area contributed by atoms with Gasteiger partial charge in [-0.05, 0) is 48.0 Å². The van der Waals surface area contributed by atoms with E-state index >= 15 is 0 Å². The van der Waals surface area contributed by atoms with Crippen molar-refractivity contribution in [1.82, 2.24) is 9.97 Å². The van der Waals surface area contributed by atoms with Crippen molar-refractivity contribution in [3.63, 3.8) is 0 Å². The van der Waals surface area contributed by atoms with E-state index in [1.54, 1.807) is 42.5 Å². The quantitative estimate of drug-likeness (QED) is 0.391. The number of carbonyl (C=O) groups excluding carboxylic acids is 2. The molecule has 0 saturated carbocycles. The number of carbonyl (C=O) groups is 2. The maximum atomic E-state index is 12.9. The topological polar surface area (TPSA) is 104 Å². The number of halogens is 1. The predicted octanol–water partition coefficient (Wildman–Crippen LogP) is 3.46. The lowest BCUT2D eigenvalue weighted by atomic mass is 9.95. The molecule has 0 spiro atoms. The second-order valence-corrected chi connectivity index (χ2v) is 6.75. The van der Waals surface area contributed by atoms with Crippen LogP contribution in [-0.4, -0.2) is 31.9 Å². The molecule has 0 bridgehead atoms. The van der Waals surface area contributed by atoms with Crippen molar-refractivity contribution >= 4 is 35.0 Å². The molecule has 1 fully saturated rings. The minimum atomic E-state index is -0.964. The summed E-state index contributed by atoms with van der Waals surface area (Å²) in [4.78, 5) is 35.0. The van der Waals surface area contributed by atoms with Crippen LogP contribution >= 0.6 is 11.6 Å². The molecule has 29 heavy (non-hydrogen) atoms. The summed E-state index contributed by atoms with van der Waals surface area (Å²) in [6.07, 6.45) is 2.91. The van der Waals surface area contributed by atoms with Crippen LogP contribution in [0.1, 0.15) is 17.2 Å². The van der Waals surface area contributed by atoms with Gasteiger partial charge in [0.05, 0.1) is 11.6 Å². The Kier molecular flexibility index (Phi) is 4.74. The summed E-state index contributed by atoms with van der Waals surface area (Å²) in [6.45, 7) is 0. The summed E-state index contributed by atoms with van der Waals surface area (Å²) in [5, 5.41) is 21.0. The average Bonchev–Trinajstić information content (AvgIpc) is 3.00. The summed E-state index contributed by atoms with van der Waals surface area (Å²) in [5.41, 5.74) is 0.741. The largest absolute Gasteiger partial charge is 0.508 e. The van der Waals surface area contributed by atoms with Gasteiger partial charge in [0, 0.05) is 23.0 Å². The van der Waals surface area contributed by atoms with E-state index in [9.17, 15) is 19.8 Å². The molecule has 2 aromatic carbocycles. The Bertz CT molecular complexity index is 1110. The van der Waals surface area contributed by atoms with Gasteiger partial charge in [0.1, 0.15) is 11.5 Å². The third-order valence-corrected chi connectivity index (χ3v) is 4.79. The van der Waals surface area contributed by atoms with E-state index in [1.807, 2.05) is 0 Å². The van der Waals surface area contributed by atoms with Crippen molar-refractivity contribution in [2.75, 3.05) is 4.90 Å². The number of aliphatic hydroxyl groups is 1. The van der Waals surface area contributed by atoms with Gasteiger partial charge in [-0.1, -0.05) is 23.7 Å². The van der Waals surface area contributed by atoms with Crippen LogP contribution in [0, 0.1) is 0 Å². The number of aromatic nitrogens is 2. The molecular formula is C21H14ClN3O4. The van der Waals surface area contributed by atoms with Crippen LogP contribution in [0.25, 0.3) is 5.76 Å². The Morgan fingerprint density at radius 1 is 0.966 bits per heavy atom. The highest BCUT2D eigenvalue weighted by Crippen LogP contribution is 2.41. The SMILES string of the molecule is O=C1C(=O)N(c2ncccn2)C(c2ccc(O)cc2)/C1=C(/O)c1ccc(Cl)cc1. The standard InChI is InChI=1S/C21H14ClN3O4/c22-14-6-2-13(3-7-14)18(27)16-17(12-4-8-15(26)9-5-12)25(20(29)19(16)28)21-23-10-1-11-24-21/h1-11,17,26-27H/b18-16-. The fourth-order valence-electron chi connectivity index (χ4n) is 3.19. The molecule has 0 aliphatic carbocycles. The van der Waals surface area contributed by atoms with E-state index < -0.39 is 17.7 Å². The van der Waals surface area contributed by atoms with E-state index in [0.717, 1.165) is 4.90 Å². The molecule has 1 aromatic heterocycles. The van der Waals surface area contributed by atoms with E-state index in [4.69, 9.17) is 11.6 Å². The Hall–Kier alpha value is -3.71. The highest BCUT2D eigenvalue weighted by atomic mass is 35.5. The molecule has 1 unspecified atom stereocenters. The molecule has 1 aliphatic rings. The maximum Gasteiger partial charge on any atom is 0.302 e. The Balaban J connectivity index is 1.94. The van der Waals surface area contributed by atoms with Gasteiger partial charge >= 0.3 is 5.91 Å². The molecule has 4 rings (SSSR count). The number of hydrogen-bond donors (Lipinski definition) is 2. The van der Waals surface area contributed by atoms with Gasteiger partial charge in [0.15, 0.2) is 0 Å². The van der Waals surface area contributed by atoms with E-state index in [0.29, 0.717) is 16.1 Å². The van der Waals surface area contributed by atoms with Crippen molar-refractivity contribution in [2.24, 2.45) is 0 Å². The zero-order chi connectivity index (χ0) is 20.5. The first-order chi connectivity index (χ1) is 14.0. The first-order valence-corrected chi connectivity index (χ1v) is 8.98. The molecule has 3 aromatic rings. The summed E-state index contributed by atoms with van der Waals surface area (Å²) in [6, 6.07) is 12.9. The number of aromatic hydroxyl groups is 1. The van der Waals surface area contributed by atoms with Gasteiger partial charge in [-0.3, -0.25) is 14.5 Å². The fraction of sp³-hybridized carbons (Fsp3) is 0.0476. The average molecular weight is 408 g/mol. The Morgan fingerprint density at radius 3 is 2.21 bits per heavy atom. The summed E-state index contributed by atoms with van der Waals surface area (Å²) in [5.74, 6) is -1.99. The van der Waals surface area contributed by atoms with Crippen molar-refractivity contribution in [1.29, 1.82) is 0 Å². The molecule has 8 heteroatoms. The zero-order valence-corrected chi connectivity index (χ0v) is 15.6. The number of aliphatic hydroxyl groups excluding tert-OH is 1. The third-order valence-electron chi connectivity index (χ3n) is 4.54. The summed E-state index contributed by atoms with van der Waals surface area (Å²) < 4.78 is 0. The van der Waals surface area contributed by atoms with Crippen LogP contribution in [-0.2, 0) is 9.59 Å². The summed E-state index contributed by atoms with van der Waals surface area (Å²) >= 11 is 5.90. The number of benzene rings is 2. The first kappa shape index (κ1) is 18.6. The lowest BCUT2D eigenvalue weighted by Gasteiger charge is -2.23. The minimum absolute atomic E-state index is 0.0272. The van der Waals surface area contributed by atoms with Crippen LogP contribution in [0.3, 0.4) is 0 Å². The normalized spacial score (nSPS) is 18.2. The lowest BCUT2D eigenvalue weighted by molar-refractivity contribution is -0.132. The highest BCUT2D eigenvalue weighted by Gasteiger charge is 2.48. The van der Waals surface area contributed by atoms with Gasteiger partial charge in [-0.25, -0.2) is 9.97 Å². The van der Waals surface area contributed by atoms with E-state index in [-0.39, 0.29) is 23.0 Å². The molecule has 2 N–H and O–H groups in total. The van der Waals surface area contributed by atoms with Gasteiger partial charge in [0.25, 0.3) is 5.78 Å². The summed E-state index contributed by atoms with van der Waals surface area (Å²) in [7, 11) is 0. The molecule has 2 heterocycles. The Morgan fingerprint density at radius 2 is 1.59 bits per heavy atom. The number of phenolic OH excluding ortho intramolecular Hbond substituents is 1. The van der Waals surface area contributed by atoms with Gasteiger partial charge in [-0.2, -0.15) is 0 Å². The number of anilines is 1. The van der Waals surface area contributed by atoms with Gasteiger partial charge < -0.3 is 10.2 Å². The number of ketones is 1. The van der Waals surface area contributed by atoms with E-state index in [2.05, 4.69) is 9.97 Å². The maximum absolute atomic E-state index is 12.9. The number of amides is 1. The van der Waals surface area contributed by atoms with Crippen molar-refractivity contribution in [2.45, 2.75) is 6.04 Å². The van der Waals surface area contributed by atoms with Crippen LogP contribution in [0.2, 0.25) is 5.02 Å². The van der Waals surface area contributed by atoms with Gasteiger partial charge in [-0.15, -0.1) is 0 Å². The van der Waals surface area contributed by atoms with Crippen molar-refractivity contribution < 1.29 is 19.8 Å². The van der Waals surface area contributed by atoms with Crippen LogP contribution in [0.15, 0.2) is 72.6 Å². The molecule has 1 saturated heterocycles. The molecule has 0 radical (unpaired) electrons. The monoisotopic (exact) mass is 407 g/mol. The Labute approximate surface area is 170 Å². The van der Waals surface area contributed by atoms with Crippen LogP contribution < -0.4 is 4.90 Å². The van der Waals surface area contributed by atoms with E-state index in [1.165, 1.54) is 24.5 Å². The van der Waals surface area contributed by atoms with Crippen molar-refractivity contribution in [3.05, 3.63) is 88.7 Å². The number of rotatable bonds is 3. The molecule has 1 amide bonds. The van der Waals surface area contributed by atoms with Gasteiger partial charge in [0.2, 0.25) is 5.95 Å². The second kappa shape index (κ2) is 7.37. The highest BCUT2D eigenvalue weighted by molar-refractivity contribution is 6.51. The zero-order valence-electron chi connectivity index (χ0n) is 14.9. The van der Waals surface area contributed by atoms with Crippen LogP contribution in [0.4, 0.5) is 5.95 Å². The number of hydrogen-bond acceptors (Lipinski definition) is 6. The molecule has 1 atom stereocenters. The molecule has 1 aliphatic heterocycles. The second-order valence-electron chi connectivity index (χ2n) is 6.32. The lowest BCUT2D eigenvalue weighted by Crippen LogP contribution is -2.31. The predicted molar refractivity (Wildman–Crippen MR) is 106 cm³/mol. The number of Topliss-reactive ketones (excluding diaryl/α,β-unsaturated/α-hetero) is 1. The number of nitrogens with zero attached hydrogens (tertiary/aromatic N) is 3. The minimum Gasteiger partial charge on any atom is -0.508 e. The smallest absolute Gasteiger partial charge is 0.302 e. The fourth-order valence-corrected chi connectivity index (χ4v) is 3.32.